The van der Waals surface area contributed by atoms with Crippen molar-refractivity contribution in [2.75, 3.05) is 53.2 Å². The molecule has 0 N–H and O–H groups in total. The van der Waals surface area contributed by atoms with E-state index in [-0.39, 0.29) is 31.5 Å². The lowest BCUT2D eigenvalue weighted by Gasteiger charge is -2.29. The molecular weight excluding hydrogens is 510 g/mol. The molecule has 1 rings (SSSR count). The Labute approximate surface area is 245 Å². The molecule has 1 fully saturated rings. The third-order valence-electron chi connectivity index (χ3n) is 7.26. The van der Waals surface area contributed by atoms with Crippen LogP contribution in [0.25, 0.3) is 0 Å². The van der Waals surface area contributed by atoms with E-state index in [1.54, 1.807) is 0 Å². The first-order chi connectivity index (χ1) is 19.4. The third kappa shape index (κ3) is 21.4. The maximum absolute atomic E-state index is 12.3. The Kier molecular flexibility index (Phi) is 23.2. The summed E-state index contributed by atoms with van der Waals surface area (Å²) in [5.74, 6) is -0.341. The van der Waals surface area contributed by atoms with Gasteiger partial charge >= 0.3 is 12.1 Å². The van der Waals surface area contributed by atoms with Crippen molar-refractivity contribution in [2.45, 2.75) is 123 Å². The maximum atomic E-state index is 12.3. The standard InChI is InChI=1S/C32H60NO7/c1-5-7-9-11-13-15-22-36-31(37-23-16-14-12-10-8-6-2)20-19-30(34)38-25-28(3)26-39-32(35)40-27-29-18-17-21-33(4)24-29/h28-29,31H,3,5-27H2,1-2,4H3. The van der Waals surface area contributed by atoms with E-state index in [4.69, 9.17) is 23.7 Å². The van der Waals surface area contributed by atoms with E-state index >= 15 is 0 Å². The molecule has 1 saturated heterocycles. The Morgan fingerprint density at radius 2 is 1.40 bits per heavy atom. The van der Waals surface area contributed by atoms with Crippen molar-refractivity contribution in [3.05, 3.63) is 6.92 Å². The number of ether oxygens (including phenoxy) is 5. The number of hydrogen-bond acceptors (Lipinski definition) is 8. The van der Waals surface area contributed by atoms with Crippen molar-refractivity contribution in [1.29, 1.82) is 0 Å². The molecule has 1 aliphatic rings. The molecule has 40 heavy (non-hydrogen) atoms. The molecule has 1 radical (unpaired) electrons. The summed E-state index contributed by atoms with van der Waals surface area (Å²) in [4.78, 5) is 26.5. The van der Waals surface area contributed by atoms with Crippen molar-refractivity contribution in [2.24, 2.45) is 11.8 Å². The number of unbranched alkanes of at least 4 members (excludes halogenated alkanes) is 10. The highest BCUT2D eigenvalue weighted by Gasteiger charge is 2.20. The van der Waals surface area contributed by atoms with Crippen molar-refractivity contribution < 1.29 is 33.3 Å². The van der Waals surface area contributed by atoms with Crippen LogP contribution < -0.4 is 0 Å². The van der Waals surface area contributed by atoms with E-state index in [1.807, 2.05) is 0 Å². The molecule has 0 aromatic heterocycles. The lowest BCUT2D eigenvalue weighted by Crippen LogP contribution is -2.34. The Bertz CT molecular complexity index is 600. The molecule has 0 aliphatic carbocycles. The highest BCUT2D eigenvalue weighted by atomic mass is 16.7. The van der Waals surface area contributed by atoms with Crippen LogP contribution in [0.1, 0.15) is 117 Å². The number of nitrogens with zero attached hydrogens (tertiary/aromatic N) is 1. The van der Waals surface area contributed by atoms with Gasteiger partial charge in [0.25, 0.3) is 0 Å². The van der Waals surface area contributed by atoms with Gasteiger partial charge in [-0.15, -0.1) is 0 Å². The Hall–Kier alpha value is -1.38. The lowest BCUT2D eigenvalue weighted by molar-refractivity contribution is -0.160. The molecule has 235 valence electrons. The topological polar surface area (TPSA) is 83.5 Å². The largest absolute Gasteiger partial charge is 0.508 e. The van der Waals surface area contributed by atoms with E-state index in [0.717, 1.165) is 51.6 Å². The second-order valence-corrected chi connectivity index (χ2v) is 11.4. The zero-order valence-corrected chi connectivity index (χ0v) is 26.0. The molecule has 2 atom stereocenters. The van der Waals surface area contributed by atoms with Crippen LogP contribution in [0.5, 0.6) is 0 Å². The molecule has 8 heteroatoms. The highest BCUT2D eigenvalue weighted by molar-refractivity contribution is 5.69. The number of hydrogen-bond donors (Lipinski definition) is 0. The van der Waals surface area contributed by atoms with E-state index in [1.165, 1.54) is 51.4 Å². The summed E-state index contributed by atoms with van der Waals surface area (Å²) in [7, 11) is 2.08. The van der Waals surface area contributed by atoms with Crippen LogP contribution in [-0.4, -0.2) is 76.5 Å². The van der Waals surface area contributed by atoms with Gasteiger partial charge in [0.15, 0.2) is 6.29 Å². The van der Waals surface area contributed by atoms with Crippen LogP contribution in [0.3, 0.4) is 0 Å². The summed E-state index contributed by atoms with van der Waals surface area (Å²) in [5, 5.41) is 0. The lowest BCUT2D eigenvalue weighted by atomic mass is 10.00. The second kappa shape index (κ2) is 25.3. The molecule has 1 heterocycles. The van der Waals surface area contributed by atoms with Crippen molar-refractivity contribution in [3.63, 3.8) is 0 Å². The second-order valence-electron chi connectivity index (χ2n) is 11.4. The Morgan fingerprint density at radius 3 is 2.00 bits per heavy atom. The van der Waals surface area contributed by atoms with Gasteiger partial charge in [0.05, 0.1) is 19.6 Å². The molecule has 0 spiro atoms. The predicted octanol–water partition coefficient (Wildman–Crippen LogP) is 7.34. The zero-order chi connectivity index (χ0) is 29.3. The molecule has 1 aliphatic heterocycles. The molecule has 2 unspecified atom stereocenters. The molecule has 0 bridgehead atoms. The number of likely N-dealkylation sites (tertiary alicyclic amines) is 1. The van der Waals surface area contributed by atoms with Crippen LogP contribution in [0.4, 0.5) is 4.79 Å². The number of piperidine rings is 1. The summed E-state index contributed by atoms with van der Waals surface area (Å²) >= 11 is 0. The van der Waals surface area contributed by atoms with Crippen molar-refractivity contribution >= 4 is 12.1 Å². The van der Waals surface area contributed by atoms with Crippen molar-refractivity contribution in [3.8, 4) is 0 Å². The van der Waals surface area contributed by atoms with Gasteiger partial charge in [-0.1, -0.05) is 78.1 Å². The monoisotopic (exact) mass is 570 g/mol. The third-order valence-corrected chi connectivity index (χ3v) is 7.26. The van der Waals surface area contributed by atoms with Gasteiger partial charge in [-0.05, 0) is 46.2 Å². The normalized spacial score (nSPS) is 16.7. The molecule has 0 aromatic rings. The Morgan fingerprint density at radius 1 is 0.825 bits per heavy atom. The average Bonchev–Trinajstić information content (AvgIpc) is 2.95. The first-order valence-electron chi connectivity index (χ1n) is 16.1. The van der Waals surface area contributed by atoms with Gasteiger partial charge in [-0.3, -0.25) is 4.79 Å². The van der Waals surface area contributed by atoms with Gasteiger partial charge in [-0.25, -0.2) is 4.79 Å². The Balaban J connectivity index is 2.22. The summed E-state index contributed by atoms with van der Waals surface area (Å²) in [6.07, 6.45) is 16.2. The van der Waals surface area contributed by atoms with E-state index in [2.05, 4.69) is 32.7 Å². The fourth-order valence-corrected chi connectivity index (χ4v) is 4.80. The van der Waals surface area contributed by atoms with Gasteiger partial charge in [0.2, 0.25) is 0 Å². The number of rotatable bonds is 25. The predicted molar refractivity (Wildman–Crippen MR) is 159 cm³/mol. The van der Waals surface area contributed by atoms with Crippen molar-refractivity contribution in [1.82, 2.24) is 4.90 Å². The van der Waals surface area contributed by atoms with Gasteiger partial charge in [-0.2, -0.15) is 0 Å². The summed E-state index contributed by atoms with van der Waals surface area (Å²) in [5.41, 5.74) is 0. The minimum Gasteiger partial charge on any atom is -0.465 e. The van der Waals surface area contributed by atoms with Crippen LogP contribution in [0, 0.1) is 18.8 Å². The van der Waals surface area contributed by atoms with Crippen LogP contribution in [-0.2, 0) is 28.5 Å². The number of esters is 1. The van der Waals surface area contributed by atoms with E-state index in [0.29, 0.717) is 32.2 Å². The summed E-state index contributed by atoms with van der Waals surface area (Å²) < 4.78 is 27.8. The smallest absolute Gasteiger partial charge is 0.465 e. The minimum atomic E-state index is -0.693. The highest BCUT2D eigenvalue weighted by Crippen LogP contribution is 2.16. The van der Waals surface area contributed by atoms with Gasteiger partial charge in [0, 0.05) is 38.0 Å². The fraction of sp³-hybridized carbons (Fsp3) is 0.906. The molecule has 0 aromatic carbocycles. The van der Waals surface area contributed by atoms with Crippen LogP contribution in [0.15, 0.2) is 0 Å². The van der Waals surface area contributed by atoms with Crippen LogP contribution in [0.2, 0.25) is 0 Å². The average molecular weight is 571 g/mol. The number of carbonyl (C=O) groups is 2. The quantitative estimate of drug-likeness (QED) is 0.0641. The maximum Gasteiger partial charge on any atom is 0.508 e. The minimum absolute atomic E-state index is 0.0437. The molecule has 0 amide bonds. The summed E-state index contributed by atoms with van der Waals surface area (Å²) in [6.45, 7) is 12.2. The molecule has 0 saturated carbocycles. The van der Waals surface area contributed by atoms with E-state index < -0.39 is 12.4 Å². The van der Waals surface area contributed by atoms with E-state index in [9.17, 15) is 9.59 Å². The summed E-state index contributed by atoms with van der Waals surface area (Å²) in [6, 6.07) is 0. The van der Waals surface area contributed by atoms with Gasteiger partial charge in [0.1, 0.15) is 6.61 Å². The number of carbonyl (C=O) groups excluding carboxylic acids is 2. The fourth-order valence-electron chi connectivity index (χ4n) is 4.80. The molecular formula is C32H60NO7. The SMILES string of the molecule is [CH2]C(COC(=O)CCC(OCCCCCCCC)OCCCCCCCC)COC(=O)OCC1CCCN(C)C1. The first kappa shape index (κ1) is 36.6. The zero-order valence-electron chi connectivity index (χ0n) is 26.0. The first-order valence-corrected chi connectivity index (χ1v) is 16.1. The van der Waals surface area contributed by atoms with Crippen LogP contribution >= 0.6 is 0 Å². The van der Waals surface area contributed by atoms with Gasteiger partial charge < -0.3 is 28.6 Å². The molecule has 8 nitrogen and oxygen atoms in total.